The number of rotatable bonds is 7. The maximum atomic E-state index is 13.0. The molecule has 0 unspecified atom stereocenters. The van der Waals surface area contributed by atoms with Gasteiger partial charge in [-0.25, -0.2) is 9.37 Å². The number of aryl methyl sites for hydroxylation is 1. The number of benzene rings is 2. The highest BCUT2D eigenvalue weighted by molar-refractivity contribution is 5.78. The Morgan fingerprint density at radius 3 is 2.26 bits per heavy atom. The zero-order valence-corrected chi connectivity index (χ0v) is 17.9. The molecule has 1 aliphatic heterocycles. The number of likely N-dealkylation sites (tertiary alicyclic amines) is 1. The number of carbonyl (C=O) groups excluding carboxylic acids is 1. The molecule has 4 rings (SSSR count). The average Bonchev–Trinajstić information content (AvgIpc) is 3.19. The summed E-state index contributed by atoms with van der Waals surface area (Å²) in [5, 5.41) is 3.10. The monoisotopic (exact) mass is 420 g/mol. The van der Waals surface area contributed by atoms with Crippen molar-refractivity contribution in [2.45, 2.75) is 39.4 Å². The van der Waals surface area contributed by atoms with E-state index in [-0.39, 0.29) is 17.6 Å². The van der Waals surface area contributed by atoms with Gasteiger partial charge in [0.15, 0.2) is 0 Å². The van der Waals surface area contributed by atoms with Crippen LogP contribution in [0.5, 0.6) is 0 Å². The Morgan fingerprint density at radius 2 is 1.61 bits per heavy atom. The SMILES string of the molecule is Cc1nccn1Cc1ccc(CNC(=O)C2CCN(Cc3ccc(F)cc3)CC2)cc1. The zero-order valence-electron chi connectivity index (χ0n) is 17.9. The van der Waals surface area contributed by atoms with E-state index in [4.69, 9.17) is 0 Å². The van der Waals surface area contributed by atoms with E-state index < -0.39 is 0 Å². The van der Waals surface area contributed by atoms with Crippen molar-refractivity contribution in [3.63, 3.8) is 0 Å². The third-order valence-corrected chi connectivity index (χ3v) is 6.04. The summed E-state index contributed by atoms with van der Waals surface area (Å²) in [5.74, 6) is 0.995. The second-order valence-electron chi connectivity index (χ2n) is 8.31. The molecule has 1 aromatic heterocycles. The highest BCUT2D eigenvalue weighted by Crippen LogP contribution is 2.20. The van der Waals surface area contributed by atoms with E-state index in [0.29, 0.717) is 6.54 Å². The molecule has 0 bridgehead atoms. The van der Waals surface area contributed by atoms with Crippen LogP contribution in [0.3, 0.4) is 0 Å². The number of nitrogens with zero attached hydrogens (tertiary/aromatic N) is 3. The largest absolute Gasteiger partial charge is 0.352 e. The van der Waals surface area contributed by atoms with Crippen molar-refractivity contribution in [2.75, 3.05) is 13.1 Å². The lowest BCUT2D eigenvalue weighted by atomic mass is 9.95. The van der Waals surface area contributed by atoms with Gasteiger partial charge in [-0.1, -0.05) is 36.4 Å². The summed E-state index contributed by atoms with van der Waals surface area (Å²) >= 11 is 0. The van der Waals surface area contributed by atoms with E-state index in [1.807, 2.05) is 31.5 Å². The van der Waals surface area contributed by atoms with Gasteiger partial charge in [0.05, 0.1) is 0 Å². The molecule has 1 amide bonds. The normalized spacial score (nSPS) is 15.2. The molecular weight excluding hydrogens is 391 g/mol. The average molecular weight is 421 g/mol. The maximum absolute atomic E-state index is 13.0. The van der Waals surface area contributed by atoms with Crippen molar-refractivity contribution < 1.29 is 9.18 Å². The van der Waals surface area contributed by atoms with Crippen molar-refractivity contribution >= 4 is 5.91 Å². The van der Waals surface area contributed by atoms with Gasteiger partial charge in [0, 0.05) is 37.9 Å². The highest BCUT2D eigenvalue weighted by atomic mass is 19.1. The molecule has 31 heavy (non-hydrogen) atoms. The van der Waals surface area contributed by atoms with Crippen LogP contribution in [0.25, 0.3) is 0 Å². The maximum Gasteiger partial charge on any atom is 0.223 e. The van der Waals surface area contributed by atoms with Gasteiger partial charge in [0.1, 0.15) is 11.6 Å². The Kier molecular flexibility index (Phi) is 6.77. The molecule has 3 aromatic rings. The Morgan fingerprint density at radius 1 is 1.00 bits per heavy atom. The van der Waals surface area contributed by atoms with E-state index in [9.17, 15) is 9.18 Å². The molecule has 5 nitrogen and oxygen atoms in total. The molecule has 0 aliphatic carbocycles. The number of amides is 1. The van der Waals surface area contributed by atoms with Crippen LogP contribution in [0.4, 0.5) is 4.39 Å². The van der Waals surface area contributed by atoms with Crippen molar-refractivity contribution in [2.24, 2.45) is 5.92 Å². The molecule has 0 saturated carbocycles. The summed E-state index contributed by atoms with van der Waals surface area (Å²) in [6, 6.07) is 15.0. The molecular formula is C25H29FN4O. The predicted molar refractivity (Wildman–Crippen MR) is 119 cm³/mol. The van der Waals surface area contributed by atoms with E-state index >= 15 is 0 Å². The van der Waals surface area contributed by atoms with Crippen LogP contribution in [0.1, 0.15) is 35.4 Å². The summed E-state index contributed by atoms with van der Waals surface area (Å²) in [7, 11) is 0. The molecule has 0 spiro atoms. The topological polar surface area (TPSA) is 50.2 Å². The lowest BCUT2D eigenvalue weighted by Gasteiger charge is -2.31. The first kappa shape index (κ1) is 21.2. The number of halogens is 1. The van der Waals surface area contributed by atoms with Crippen LogP contribution in [-0.4, -0.2) is 33.4 Å². The van der Waals surface area contributed by atoms with E-state index in [1.165, 1.54) is 17.7 Å². The summed E-state index contributed by atoms with van der Waals surface area (Å²) < 4.78 is 15.2. The van der Waals surface area contributed by atoms with Gasteiger partial charge in [-0.15, -0.1) is 0 Å². The lowest BCUT2D eigenvalue weighted by molar-refractivity contribution is -0.126. The van der Waals surface area contributed by atoms with Gasteiger partial charge in [-0.3, -0.25) is 9.69 Å². The number of hydrogen-bond donors (Lipinski definition) is 1. The van der Waals surface area contributed by atoms with Crippen molar-refractivity contribution in [1.82, 2.24) is 19.8 Å². The van der Waals surface area contributed by atoms with E-state index in [0.717, 1.165) is 56.0 Å². The second-order valence-corrected chi connectivity index (χ2v) is 8.31. The zero-order chi connectivity index (χ0) is 21.6. The Balaban J connectivity index is 1.20. The molecule has 0 atom stereocenters. The number of carbonyl (C=O) groups is 1. The fourth-order valence-electron chi connectivity index (χ4n) is 4.06. The Labute approximate surface area is 182 Å². The number of piperidine rings is 1. The molecule has 1 N–H and O–H groups in total. The van der Waals surface area contributed by atoms with Crippen molar-refractivity contribution in [3.05, 3.63) is 89.3 Å². The quantitative estimate of drug-likeness (QED) is 0.631. The van der Waals surface area contributed by atoms with Crippen LogP contribution in [0, 0.1) is 18.7 Å². The van der Waals surface area contributed by atoms with E-state index in [1.54, 1.807) is 0 Å². The fraction of sp³-hybridized carbons (Fsp3) is 0.360. The van der Waals surface area contributed by atoms with Crippen LogP contribution in [0.15, 0.2) is 60.9 Å². The fourth-order valence-corrected chi connectivity index (χ4v) is 4.06. The molecule has 2 aromatic carbocycles. The van der Waals surface area contributed by atoms with Crippen LogP contribution >= 0.6 is 0 Å². The number of nitrogens with one attached hydrogen (secondary N) is 1. The molecule has 162 valence electrons. The van der Waals surface area contributed by atoms with Crippen LogP contribution in [-0.2, 0) is 24.4 Å². The van der Waals surface area contributed by atoms with Crippen molar-refractivity contribution in [3.8, 4) is 0 Å². The number of imidazole rings is 1. The molecule has 1 saturated heterocycles. The van der Waals surface area contributed by atoms with Gasteiger partial charge in [0.25, 0.3) is 0 Å². The number of aromatic nitrogens is 2. The van der Waals surface area contributed by atoms with Gasteiger partial charge in [-0.05, 0) is 61.7 Å². The van der Waals surface area contributed by atoms with Crippen molar-refractivity contribution in [1.29, 1.82) is 0 Å². The molecule has 2 heterocycles. The highest BCUT2D eigenvalue weighted by Gasteiger charge is 2.24. The predicted octanol–water partition coefficient (Wildman–Crippen LogP) is 3.91. The minimum absolute atomic E-state index is 0.0629. The smallest absolute Gasteiger partial charge is 0.223 e. The first-order chi connectivity index (χ1) is 15.1. The Hall–Kier alpha value is -2.99. The standard InChI is InChI=1S/C25H29FN4O/c1-19-27-12-15-30(19)18-22-4-2-20(3-5-22)16-28-25(31)23-10-13-29(14-11-23)17-21-6-8-24(26)9-7-21/h2-9,12,15,23H,10-11,13-14,16-18H2,1H3,(H,28,31). The first-order valence-corrected chi connectivity index (χ1v) is 10.9. The Bertz CT molecular complexity index is 989. The summed E-state index contributed by atoms with van der Waals surface area (Å²) in [4.78, 5) is 19.2. The molecule has 1 aliphatic rings. The van der Waals surface area contributed by atoms with Crippen LogP contribution < -0.4 is 5.32 Å². The van der Waals surface area contributed by atoms with Gasteiger partial charge < -0.3 is 9.88 Å². The summed E-state index contributed by atoms with van der Waals surface area (Å²) in [6.07, 6.45) is 5.51. The summed E-state index contributed by atoms with van der Waals surface area (Å²) in [5.41, 5.74) is 3.42. The van der Waals surface area contributed by atoms with E-state index in [2.05, 4.69) is 44.0 Å². The third kappa shape index (κ3) is 5.79. The van der Waals surface area contributed by atoms with Gasteiger partial charge in [-0.2, -0.15) is 0 Å². The minimum Gasteiger partial charge on any atom is -0.352 e. The van der Waals surface area contributed by atoms with Gasteiger partial charge in [0.2, 0.25) is 5.91 Å². The minimum atomic E-state index is -0.206. The third-order valence-electron chi connectivity index (χ3n) is 6.04. The van der Waals surface area contributed by atoms with Gasteiger partial charge >= 0.3 is 0 Å². The first-order valence-electron chi connectivity index (χ1n) is 10.9. The van der Waals surface area contributed by atoms with Crippen LogP contribution in [0.2, 0.25) is 0 Å². The molecule has 1 fully saturated rings. The molecule has 0 radical (unpaired) electrons. The number of hydrogen-bond acceptors (Lipinski definition) is 3. The molecule has 6 heteroatoms. The lowest BCUT2D eigenvalue weighted by Crippen LogP contribution is -2.40. The second kappa shape index (κ2) is 9.88. The summed E-state index contributed by atoms with van der Waals surface area (Å²) in [6.45, 7) is 5.93.